The van der Waals surface area contributed by atoms with Crippen LogP contribution in [0.25, 0.3) is 0 Å². The molecule has 5 nitrogen and oxygen atoms in total. The quantitative estimate of drug-likeness (QED) is 0.838. The molecule has 2 saturated heterocycles. The number of fused-ring (bicyclic) bond motifs is 1. The van der Waals surface area contributed by atoms with Crippen LogP contribution in [-0.4, -0.2) is 50.2 Å². The Labute approximate surface area is 156 Å². The van der Waals surface area contributed by atoms with Crippen molar-refractivity contribution in [2.45, 2.75) is 26.2 Å². The summed E-state index contributed by atoms with van der Waals surface area (Å²) in [5.41, 5.74) is 0. The van der Waals surface area contributed by atoms with Gasteiger partial charge in [-0.05, 0) is 68.5 Å². The normalized spacial score (nSPS) is 22.5. The number of ether oxygens (including phenoxy) is 2. The van der Waals surface area contributed by atoms with Crippen LogP contribution in [0.3, 0.4) is 0 Å². The molecular formula is C19H29ClN2O3. The van der Waals surface area contributed by atoms with E-state index in [9.17, 15) is 4.79 Å². The maximum atomic E-state index is 12.4. The molecule has 0 radical (unpaired) electrons. The molecule has 1 N–H and O–H groups in total. The van der Waals surface area contributed by atoms with Crippen LogP contribution in [0, 0.1) is 11.8 Å². The highest BCUT2D eigenvalue weighted by Gasteiger charge is 2.31. The van der Waals surface area contributed by atoms with E-state index in [1.807, 2.05) is 29.2 Å². The van der Waals surface area contributed by atoms with Gasteiger partial charge in [0.1, 0.15) is 11.5 Å². The van der Waals surface area contributed by atoms with Crippen LogP contribution in [0.4, 0.5) is 0 Å². The van der Waals surface area contributed by atoms with Gasteiger partial charge in [0.15, 0.2) is 6.61 Å². The second kappa shape index (κ2) is 9.88. The van der Waals surface area contributed by atoms with Gasteiger partial charge in [-0.2, -0.15) is 0 Å². The first-order chi connectivity index (χ1) is 11.8. The van der Waals surface area contributed by atoms with Gasteiger partial charge in [0.2, 0.25) is 0 Å². The first kappa shape index (κ1) is 19.9. The van der Waals surface area contributed by atoms with Gasteiger partial charge in [-0.1, -0.05) is 6.92 Å². The summed E-state index contributed by atoms with van der Waals surface area (Å²) in [6.07, 6.45) is 3.19. The molecule has 140 valence electrons. The fourth-order valence-electron chi connectivity index (χ4n) is 3.56. The Morgan fingerprint density at radius 3 is 2.20 bits per heavy atom. The molecule has 2 heterocycles. The highest BCUT2D eigenvalue weighted by atomic mass is 35.5. The van der Waals surface area contributed by atoms with Gasteiger partial charge in [0, 0.05) is 13.1 Å². The molecular weight excluding hydrogens is 340 g/mol. The van der Waals surface area contributed by atoms with E-state index < -0.39 is 0 Å². The van der Waals surface area contributed by atoms with Gasteiger partial charge in [0.05, 0.1) is 6.61 Å². The molecule has 0 aromatic heterocycles. The molecule has 6 heteroatoms. The monoisotopic (exact) mass is 368 g/mol. The maximum Gasteiger partial charge on any atom is 0.260 e. The number of nitrogens with zero attached hydrogens (tertiary/aromatic N) is 1. The first-order valence-electron chi connectivity index (χ1n) is 9.10. The smallest absolute Gasteiger partial charge is 0.260 e. The third kappa shape index (κ3) is 5.51. The first-order valence-corrected chi connectivity index (χ1v) is 9.10. The highest BCUT2D eigenvalue weighted by Crippen LogP contribution is 2.27. The van der Waals surface area contributed by atoms with Crippen molar-refractivity contribution in [2.75, 3.05) is 39.4 Å². The Kier molecular flexibility index (Phi) is 7.85. The van der Waals surface area contributed by atoms with E-state index in [0.717, 1.165) is 63.0 Å². The zero-order chi connectivity index (χ0) is 16.8. The number of likely N-dealkylation sites (tertiary alicyclic amines) is 1. The zero-order valence-electron chi connectivity index (χ0n) is 14.9. The fourth-order valence-corrected chi connectivity index (χ4v) is 3.56. The van der Waals surface area contributed by atoms with Gasteiger partial charge in [-0.25, -0.2) is 0 Å². The van der Waals surface area contributed by atoms with Crippen LogP contribution in [0.2, 0.25) is 0 Å². The van der Waals surface area contributed by atoms with Crippen molar-refractivity contribution in [3.63, 3.8) is 0 Å². The summed E-state index contributed by atoms with van der Waals surface area (Å²) in [5.74, 6) is 3.11. The molecule has 0 spiro atoms. The van der Waals surface area contributed by atoms with E-state index in [4.69, 9.17) is 9.47 Å². The molecule has 0 aliphatic carbocycles. The van der Waals surface area contributed by atoms with Gasteiger partial charge >= 0.3 is 0 Å². The van der Waals surface area contributed by atoms with Crippen LogP contribution in [0.15, 0.2) is 24.3 Å². The van der Waals surface area contributed by atoms with Crippen molar-refractivity contribution in [3.05, 3.63) is 24.3 Å². The average molecular weight is 369 g/mol. The van der Waals surface area contributed by atoms with E-state index in [1.165, 1.54) is 0 Å². The Morgan fingerprint density at radius 2 is 1.64 bits per heavy atom. The summed E-state index contributed by atoms with van der Waals surface area (Å²) in [7, 11) is 0. The number of amides is 1. The topological polar surface area (TPSA) is 50.8 Å². The number of nitrogens with one attached hydrogen (secondary N) is 1. The Balaban J connectivity index is 0.00000225. The lowest BCUT2D eigenvalue weighted by atomic mass is 9.92. The molecule has 1 aromatic rings. The standard InChI is InChI=1S/C19H28N2O3.ClH/c1-2-11-23-17-3-5-18(6-4-17)24-14-19(22)21-9-7-15-12-20-13-16(15)8-10-21;/h3-6,15-16,20H,2,7-14H2,1H3;1H/t15-,16+;. The summed E-state index contributed by atoms with van der Waals surface area (Å²) >= 11 is 0. The van der Waals surface area contributed by atoms with E-state index in [0.29, 0.717) is 12.4 Å². The number of carbonyl (C=O) groups is 1. The second-order valence-electron chi connectivity index (χ2n) is 6.75. The Hall–Kier alpha value is -1.46. The number of carbonyl (C=O) groups excluding carboxylic acids is 1. The van der Waals surface area contributed by atoms with Gasteiger partial charge in [-0.3, -0.25) is 4.79 Å². The molecule has 2 atom stereocenters. The van der Waals surface area contributed by atoms with Crippen LogP contribution < -0.4 is 14.8 Å². The molecule has 0 unspecified atom stereocenters. The van der Waals surface area contributed by atoms with Crippen molar-refractivity contribution in [3.8, 4) is 11.5 Å². The minimum atomic E-state index is 0. The fraction of sp³-hybridized carbons (Fsp3) is 0.632. The predicted molar refractivity (Wildman–Crippen MR) is 101 cm³/mol. The molecule has 0 bridgehead atoms. The lowest BCUT2D eigenvalue weighted by Crippen LogP contribution is -2.36. The zero-order valence-corrected chi connectivity index (χ0v) is 15.7. The van der Waals surface area contributed by atoms with Crippen molar-refractivity contribution in [2.24, 2.45) is 11.8 Å². The van der Waals surface area contributed by atoms with E-state index in [1.54, 1.807) is 0 Å². The number of halogens is 1. The number of hydrogen-bond acceptors (Lipinski definition) is 4. The van der Waals surface area contributed by atoms with Crippen LogP contribution >= 0.6 is 12.4 Å². The minimum Gasteiger partial charge on any atom is -0.494 e. The summed E-state index contributed by atoms with van der Waals surface area (Å²) in [5, 5.41) is 3.46. The molecule has 2 fully saturated rings. The number of rotatable bonds is 6. The Bertz CT molecular complexity index is 524. The molecule has 0 saturated carbocycles. The summed E-state index contributed by atoms with van der Waals surface area (Å²) in [4.78, 5) is 14.4. The summed E-state index contributed by atoms with van der Waals surface area (Å²) in [6.45, 7) is 6.83. The number of hydrogen-bond donors (Lipinski definition) is 1. The lowest BCUT2D eigenvalue weighted by Gasteiger charge is -2.21. The van der Waals surface area contributed by atoms with Crippen LogP contribution in [0.1, 0.15) is 26.2 Å². The van der Waals surface area contributed by atoms with Crippen LogP contribution in [-0.2, 0) is 4.79 Å². The average Bonchev–Trinajstić information content (AvgIpc) is 2.97. The third-order valence-electron chi connectivity index (χ3n) is 5.03. The van der Waals surface area contributed by atoms with Gasteiger partial charge in [-0.15, -0.1) is 12.4 Å². The molecule has 1 aromatic carbocycles. The van der Waals surface area contributed by atoms with Crippen molar-refractivity contribution in [1.82, 2.24) is 10.2 Å². The lowest BCUT2D eigenvalue weighted by molar-refractivity contribution is -0.133. The summed E-state index contributed by atoms with van der Waals surface area (Å²) in [6, 6.07) is 7.48. The van der Waals surface area contributed by atoms with Crippen molar-refractivity contribution >= 4 is 18.3 Å². The predicted octanol–water partition coefficient (Wildman–Crippen LogP) is 2.73. The van der Waals surface area contributed by atoms with Crippen molar-refractivity contribution in [1.29, 1.82) is 0 Å². The van der Waals surface area contributed by atoms with E-state index in [-0.39, 0.29) is 24.9 Å². The van der Waals surface area contributed by atoms with Gasteiger partial charge in [0.25, 0.3) is 5.91 Å². The molecule has 2 aliphatic heterocycles. The molecule has 2 aliphatic rings. The third-order valence-corrected chi connectivity index (χ3v) is 5.03. The SMILES string of the molecule is CCCOc1ccc(OCC(=O)N2CC[C@@H]3CNC[C@@H]3CC2)cc1.Cl. The molecule has 1 amide bonds. The van der Waals surface area contributed by atoms with Gasteiger partial charge < -0.3 is 19.7 Å². The molecule has 25 heavy (non-hydrogen) atoms. The highest BCUT2D eigenvalue weighted by molar-refractivity contribution is 5.85. The second-order valence-corrected chi connectivity index (χ2v) is 6.75. The Morgan fingerprint density at radius 1 is 1.08 bits per heavy atom. The van der Waals surface area contributed by atoms with Crippen LogP contribution in [0.5, 0.6) is 11.5 Å². The van der Waals surface area contributed by atoms with E-state index >= 15 is 0 Å². The number of benzene rings is 1. The van der Waals surface area contributed by atoms with Crippen molar-refractivity contribution < 1.29 is 14.3 Å². The summed E-state index contributed by atoms with van der Waals surface area (Å²) < 4.78 is 11.2. The largest absolute Gasteiger partial charge is 0.494 e. The minimum absolute atomic E-state index is 0. The maximum absolute atomic E-state index is 12.4. The van der Waals surface area contributed by atoms with E-state index in [2.05, 4.69) is 12.2 Å². The molecule has 3 rings (SSSR count).